The Bertz CT molecular complexity index is 1830. The van der Waals surface area contributed by atoms with Crippen molar-refractivity contribution in [3.63, 3.8) is 0 Å². The fourth-order valence-electron chi connectivity index (χ4n) is 3.99. The van der Waals surface area contributed by atoms with Crippen molar-refractivity contribution in [3.05, 3.63) is 84.8 Å². The number of benzene rings is 3. The number of pyridine rings is 1. The Morgan fingerprint density at radius 3 is 1.80 bits per heavy atom. The molecule has 0 saturated carbocycles. The lowest BCUT2D eigenvalue weighted by Gasteiger charge is -2.27. The number of methoxy groups -OCH3 is 1. The van der Waals surface area contributed by atoms with Crippen LogP contribution in [0.2, 0.25) is 0 Å². The number of fused-ring (bicyclic) bond motifs is 1. The lowest BCUT2D eigenvalue weighted by molar-refractivity contribution is -0.136. The van der Waals surface area contributed by atoms with Crippen LogP contribution in [0.3, 0.4) is 0 Å². The van der Waals surface area contributed by atoms with Gasteiger partial charge in [0.15, 0.2) is 5.82 Å². The van der Waals surface area contributed by atoms with Crippen molar-refractivity contribution < 1.29 is 45.8 Å². The molecule has 4 aromatic rings. The number of nitrogens with zero attached hydrogens (tertiary/aromatic N) is 3. The number of sulfonamides is 2. The van der Waals surface area contributed by atoms with Crippen LogP contribution in [-0.4, -0.2) is 64.2 Å². The van der Waals surface area contributed by atoms with Crippen molar-refractivity contribution in [1.29, 1.82) is 0 Å². The third kappa shape index (κ3) is 5.90. The molecule has 1 aromatic heterocycles. The van der Waals surface area contributed by atoms with E-state index >= 15 is 0 Å². The van der Waals surface area contributed by atoms with Crippen LogP contribution in [0.25, 0.3) is 10.8 Å². The summed E-state index contributed by atoms with van der Waals surface area (Å²) in [6.07, 6.45) is 0.945. The number of halogens is 1. The summed E-state index contributed by atoms with van der Waals surface area (Å²) in [6.45, 7) is -2.08. The zero-order valence-corrected chi connectivity index (χ0v) is 22.8. The van der Waals surface area contributed by atoms with Crippen molar-refractivity contribution in [2.75, 3.05) is 28.8 Å². The summed E-state index contributed by atoms with van der Waals surface area (Å²) in [5.74, 6) is -3.69. The normalized spacial score (nSPS) is 11.7. The van der Waals surface area contributed by atoms with Gasteiger partial charge in [-0.2, -0.15) is 0 Å². The van der Waals surface area contributed by atoms with Crippen molar-refractivity contribution in [1.82, 2.24) is 4.98 Å². The molecule has 4 rings (SSSR count). The topological polar surface area (TPSA) is 171 Å². The number of aliphatic carboxylic acids is 2. The fourth-order valence-corrected chi connectivity index (χ4v) is 6.80. The zero-order chi connectivity index (χ0) is 29.9. The van der Waals surface area contributed by atoms with Gasteiger partial charge in [0.25, 0.3) is 20.0 Å². The van der Waals surface area contributed by atoms with E-state index < -0.39 is 55.8 Å². The molecule has 2 N–H and O–H groups in total. The van der Waals surface area contributed by atoms with E-state index in [9.17, 15) is 41.0 Å². The number of carboxylic acid groups (broad SMARTS) is 2. The second kappa shape index (κ2) is 11.4. The Labute approximate surface area is 234 Å². The highest BCUT2D eigenvalue weighted by Crippen LogP contribution is 2.36. The highest BCUT2D eigenvalue weighted by molar-refractivity contribution is 7.93. The van der Waals surface area contributed by atoms with E-state index in [1.165, 1.54) is 55.6 Å². The van der Waals surface area contributed by atoms with E-state index in [0.717, 1.165) is 30.5 Å². The summed E-state index contributed by atoms with van der Waals surface area (Å²) in [7, 11) is -7.71. The molecule has 12 nitrogen and oxygen atoms in total. The molecule has 214 valence electrons. The summed E-state index contributed by atoms with van der Waals surface area (Å²) >= 11 is 0. The molecule has 0 unspecified atom stereocenters. The molecule has 0 amide bonds. The first-order valence-corrected chi connectivity index (χ1v) is 14.5. The molecule has 0 bridgehead atoms. The quantitative estimate of drug-likeness (QED) is 0.260. The van der Waals surface area contributed by atoms with E-state index in [-0.39, 0.29) is 27.2 Å². The van der Waals surface area contributed by atoms with E-state index in [4.69, 9.17) is 4.74 Å². The van der Waals surface area contributed by atoms with Gasteiger partial charge in [0.1, 0.15) is 24.7 Å². The molecule has 0 saturated heterocycles. The van der Waals surface area contributed by atoms with E-state index in [2.05, 4.69) is 4.98 Å². The van der Waals surface area contributed by atoms with Gasteiger partial charge in [0.05, 0.1) is 28.8 Å². The summed E-state index contributed by atoms with van der Waals surface area (Å²) in [5, 5.41) is 19.2. The number of hydrogen-bond acceptors (Lipinski definition) is 8. The van der Waals surface area contributed by atoms with E-state index in [1.807, 2.05) is 0 Å². The van der Waals surface area contributed by atoms with Gasteiger partial charge in [0, 0.05) is 10.8 Å². The molecular formula is C26H22FN3O9S2. The van der Waals surface area contributed by atoms with Crippen LogP contribution >= 0.6 is 0 Å². The predicted octanol–water partition coefficient (Wildman–Crippen LogP) is 2.94. The van der Waals surface area contributed by atoms with Crippen LogP contribution in [0.4, 0.5) is 15.9 Å². The van der Waals surface area contributed by atoms with Crippen LogP contribution in [0.5, 0.6) is 5.75 Å². The Morgan fingerprint density at radius 1 is 0.780 bits per heavy atom. The van der Waals surface area contributed by atoms with Gasteiger partial charge in [-0.25, -0.2) is 30.5 Å². The molecule has 0 spiro atoms. The number of ether oxygens (including phenoxy) is 1. The summed E-state index contributed by atoms with van der Waals surface area (Å²) in [4.78, 5) is 27.0. The average Bonchev–Trinajstić information content (AvgIpc) is 2.94. The van der Waals surface area contributed by atoms with Crippen LogP contribution in [0.15, 0.2) is 88.8 Å². The molecule has 1 heterocycles. The SMILES string of the molecule is COc1ccc(S(=O)(=O)N(CC(=O)O)c2ncc(N(CC(=O)O)S(=O)(=O)c3ccc(F)cc3)c3ccccc23)cc1. The largest absolute Gasteiger partial charge is 0.497 e. The van der Waals surface area contributed by atoms with Gasteiger partial charge in [-0.15, -0.1) is 0 Å². The van der Waals surface area contributed by atoms with Crippen molar-refractivity contribution in [3.8, 4) is 5.75 Å². The Hall–Kier alpha value is -4.76. The third-order valence-corrected chi connectivity index (χ3v) is 9.39. The number of carbonyl (C=O) groups is 2. The minimum atomic E-state index is -4.58. The summed E-state index contributed by atoms with van der Waals surface area (Å²) in [6, 6.07) is 14.7. The number of rotatable bonds is 11. The zero-order valence-electron chi connectivity index (χ0n) is 21.2. The number of hydrogen-bond donors (Lipinski definition) is 2. The van der Waals surface area contributed by atoms with Crippen molar-refractivity contribution >= 4 is 54.3 Å². The molecule has 0 radical (unpaired) electrons. The molecule has 0 fully saturated rings. The standard InChI is InChI=1S/C26H22FN3O9S2/c1-39-18-8-12-20(13-9-18)41(37,38)30(16-25(33)34)26-22-5-3-2-4-21(22)23(14-28-26)29(15-24(31)32)40(35,36)19-10-6-17(27)7-11-19/h2-14H,15-16H2,1H3,(H,31,32)(H,33,34). The second-order valence-corrected chi connectivity index (χ2v) is 12.2. The van der Waals surface area contributed by atoms with Crippen molar-refractivity contribution in [2.24, 2.45) is 0 Å². The van der Waals surface area contributed by atoms with Crippen LogP contribution in [-0.2, 0) is 29.6 Å². The van der Waals surface area contributed by atoms with Gasteiger partial charge in [-0.1, -0.05) is 24.3 Å². The number of carboxylic acids is 2. The van der Waals surface area contributed by atoms with Crippen molar-refractivity contribution in [2.45, 2.75) is 9.79 Å². The average molecular weight is 604 g/mol. The highest BCUT2D eigenvalue weighted by Gasteiger charge is 2.33. The first-order valence-electron chi connectivity index (χ1n) is 11.6. The summed E-state index contributed by atoms with van der Waals surface area (Å²) < 4.78 is 73.9. The smallest absolute Gasteiger partial charge is 0.324 e. The lowest BCUT2D eigenvalue weighted by Crippen LogP contribution is -2.37. The number of aromatic nitrogens is 1. The Balaban J connectivity index is 1.93. The third-order valence-electron chi connectivity index (χ3n) is 5.86. The van der Waals surface area contributed by atoms with E-state index in [0.29, 0.717) is 14.4 Å². The number of anilines is 2. The maximum absolute atomic E-state index is 13.6. The summed E-state index contributed by atoms with van der Waals surface area (Å²) in [5.41, 5.74) is -0.229. The maximum atomic E-state index is 13.6. The van der Waals surface area contributed by atoms with E-state index in [1.54, 1.807) is 0 Å². The van der Waals surface area contributed by atoms with Gasteiger partial charge in [-0.3, -0.25) is 13.9 Å². The monoisotopic (exact) mass is 603 g/mol. The minimum absolute atomic E-state index is 0.0213. The van der Waals surface area contributed by atoms with Gasteiger partial charge in [-0.05, 0) is 48.5 Å². The molecule has 3 aromatic carbocycles. The van der Waals surface area contributed by atoms with Crippen LogP contribution in [0, 0.1) is 5.82 Å². The van der Waals surface area contributed by atoms with Gasteiger partial charge < -0.3 is 14.9 Å². The second-order valence-electron chi connectivity index (χ2n) is 8.45. The van der Waals surface area contributed by atoms with Gasteiger partial charge >= 0.3 is 11.9 Å². The lowest BCUT2D eigenvalue weighted by atomic mass is 10.1. The van der Waals surface area contributed by atoms with Crippen LogP contribution < -0.4 is 13.3 Å². The first kappa shape index (κ1) is 29.2. The molecular weight excluding hydrogens is 581 g/mol. The molecule has 0 aliphatic carbocycles. The predicted molar refractivity (Wildman–Crippen MR) is 145 cm³/mol. The molecule has 15 heteroatoms. The Morgan fingerprint density at radius 2 is 1.27 bits per heavy atom. The first-order chi connectivity index (χ1) is 19.4. The molecule has 41 heavy (non-hydrogen) atoms. The minimum Gasteiger partial charge on any atom is -0.497 e. The highest BCUT2D eigenvalue weighted by atomic mass is 32.2. The van der Waals surface area contributed by atoms with Crippen LogP contribution in [0.1, 0.15) is 0 Å². The fraction of sp³-hybridized carbons (Fsp3) is 0.115. The molecule has 0 aliphatic rings. The molecule has 0 aliphatic heterocycles. The molecule has 0 atom stereocenters. The Kier molecular flexibility index (Phi) is 8.12. The van der Waals surface area contributed by atoms with Gasteiger partial charge in [0.2, 0.25) is 0 Å². The maximum Gasteiger partial charge on any atom is 0.324 e.